The molecule has 24 heavy (non-hydrogen) atoms. The highest BCUT2D eigenvalue weighted by Gasteiger charge is 2.25. The molecule has 5 heteroatoms. The Labute approximate surface area is 142 Å². The van der Waals surface area contributed by atoms with Crippen molar-refractivity contribution >= 4 is 18.0 Å². The molecule has 0 saturated heterocycles. The molecule has 0 aliphatic heterocycles. The summed E-state index contributed by atoms with van der Waals surface area (Å²) in [4.78, 5) is 23.9. The number of carbonyl (C=O) groups is 2. The van der Waals surface area contributed by atoms with Crippen LogP contribution in [0.25, 0.3) is 6.08 Å². The van der Waals surface area contributed by atoms with Crippen molar-refractivity contribution in [2.45, 2.75) is 51.7 Å². The summed E-state index contributed by atoms with van der Waals surface area (Å²) in [6, 6.07) is 6.02. The van der Waals surface area contributed by atoms with E-state index in [1.165, 1.54) is 30.7 Å². The van der Waals surface area contributed by atoms with Crippen LogP contribution in [0.1, 0.15) is 45.1 Å². The van der Waals surface area contributed by atoms with Gasteiger partial charge in [-0.3, -0.25) is 4.79 Å². The second kappa shape index (κ2) is 8.62. The van der Waals surface area contributed by atoms with E-state index in [1.807, 2.05) is 0 Å². The first-order chi connectivity index (χ1) is 11.5. The van der Waals surface area contributed by atoms with Gasteiger partial charge in [0.25, 0.3) is 5.91 Å². The lowest BCUT2D eigenvalue weighted by molar-refractivity contribution is -0.150. The van der Waals surface area contributed by atoms with Gasteiger partial charge in [0.15, 0.2) is 6.10 Å². The standard InChI is InChI=1S/C19H24FNO3/c1-13-6-3-4-9-17(13)21-19(23)14(2)24-18(22)11-10-15-7-5-8-16(20)12-15/h5,7-8,10-14,17H,3-4,6,9H2,1-2H3,(H,21,23)/b11-10+/t13-,14-,17+/m1/s1. The zero-order valence-corrected chi connectivity index (χ0v) is 14.1. The third-order valence-corrected chi connectivity index (χ3v) is 4.36. The molecule has 1 aromatic carbocycles. The topological polar surface area (TPSA) is 55.4 Å². The molecule has 130 valence electrons. The zero-order valence-electron chi connectivity index (χ0n) is 14.1. The van der Waals surface area contributed by atoms with Crippen LogP contribution in [0.4, 0.5) is 4.39 Å². The summed E-state index contributed by atoms with van der Waals surface area (Å²) in [5.41, 5.74) is 0.556. The molecule has 1 amide bonds. The lowest BCUT2D eigenvalue weighted by Crippen LogP contribution is -2.45. The highest BCUT2D eigenvalue weighted by molar-refractivity contribution is 5.90. The lowest BCUT2D eigenvalue weighted by Gasteiger charge is -2.30. The number of rotatable bonds is 5. The van der Waals surface area contributed by atoms with E-state index in [4.69, 9.17) is 4.74 Å². The van der Waals surface area contributed by atoms with Gasteiger partial charge in [0.2, 0.25) is 0 Å². The predicted octanol–water partition coefficient (Wildman–Crippen LogP) is 3.47. The van der Waals surface area contributed by atoms with Crippen LogP contribution < -0.4 is 5.32 Å². The number of benzene rings is 1. The van der Waals surface area contributed by atoms with Gasteiger partial charge in [0.1, 0.15) is 5.82 Å². The van der Waals surface area contributed by atoms with Gasteiger partial charge < -0.3 is 10.1 Å². The molecule has 0 bridgehead atoms. The molecule has 4 nitrogen and oxygen atoms in total. The molecule has 0 unspecified atom stereocenters. The number of halogens is 1. The van der Waals surface area contributed by atoms with Crippen LogP contribution in [0.15, 0.2) is 30.3 Å². The Bertz CT molecular complexity index is 614. The number of amides is 1. The van der Waals surface area contributed by atoms with Gasteiger partial charge in [-0.1, -0.05) is 31.9 Å². The fraction of sp³-hybridized carbons (Fsp3) is 0.474. The van der Waals surface area contributed by atoms with Gasteiger partial charge in [-0.15, -0.1) is 0 Å². The molecule has 3 atom stereocenters. The van der Waals surface area contributed by atoms with Crippen molar-refractivity contribution < 1.29 is 18.7 Å². The maximum absolute atomic E-state index is 13.1. The minimum atomic E-state index is -0.858. The number of nitrogens with one attached hydrogen (secondary N) is 1. The van der Waals surface area contributed by atoms with Crippen molar-refractivity contribution in [3.05, 3.63) is 41.7 Å². The number of hydrogen-bond acceptors (Lipinski definition) is 3. The minimum absolute atomic E-state index is 0.148. The molecule has 2 rings (SSSR count). The molecule has 1 N–H and O–H groups in total. The number of carbonyl (C=O) groups excluding carboxylic acids is 2. The van der Waals surface area contributed by atoms with Gasteiger partial charge in [0, 0.05) is 12.1 Å². The van der Waals surface area contributed by atoms with Crippen molar-refractivity contribution in [1.29, 1.82) is 0 Å². The quantitative estimate of drug-likeness (QED) is 0.663. The smallest absolute Gasteiger partial charge is 0.331 e. The summed E-state index contributed by atoms with van der Waals surface area (Å²) in [6.07, 6.45) is 6.18. The molecule has 1 fully saturated rings. The van der Waals surface area contributed by atoms with Crippen LogP contribution >= 0.6 is 0 Å². The van der Waals surface area contributed by atoms with Gasteiger partial charge in [-0.05, 0) is 49.5 Å². The predicted molar refractivity (Wildman–Crippen MR) is 90.6 cm³/mol. The SMILES string of the molecule is C[C@@H]1CCCC[C@@H]1NC(=O)[C@@H](C)OC(=O)/C=C/c1cccc(F)c1. The van der Waals surface area contributed by atoms with E-state index in [1.54, 1.807) is 19.1 Å². The van der Waals surface area contributed by atoms with E-state index < -0.39 is 12.1 Å². The average Bonchev–Trinajstić information content (AvgIpc) is 2.55. The Morgan fingerprint density at radius 3 is 2.79 bits per heavy atom. The molecule has 0 aromatic heterocycles. The first kappa shape index (κ1) is 18.2. The first-order valence-corrected chi connectivity index (χ1v) is 8.40. The highest BCUT2D eigenvalue weighted by atomic mass is 19.1. The molecule has 1 saturated carbocycles. The van der Waals surface area contributed by atoms with Crippen molar-refractivity contribution in [3.63, 3.8) is 0 Å². The number of esters is 1. The minimum Gasteiger partial charge on any atom is -0.449 e. The average molecular weight is 333 g/mol. The van der Waals surface area contributed by atoms with Crippen LogP contribution in [0.5, 0.6) is 0 Å². The van der Waals surface area contributed by atoms with Crippen LogP contribution in [0.2, 0.25) is 0 Å². The van der Waals surface area contributed by atoms with Crippen molar-refractivity contribution in [2.24, 2.45) is 5.92 Å². The number of ether oxygens (including phenoxy) is 1. The second-order valence-electron chi connectivity index (χ2n) is 6.34. The molecule has 0 radical (unpaired) electrons. The van der Waals surface area contributed by atoms with Crippen LogP contribution in [-0.4, -0.2) is 24.0 Å². The van der Waals surface area contributed by atoms with Crippen molar-refractivity contribution in [1.82, 2.24) is 5.32 Å². The van der Waals surface area contributed by atoms with Gasteiger partial charge in [0.05, 0.1) is 0 Å². The first-order valence-electron chi connectivity index (χ1n) is 8.40. The van der Waals surface area contributed by atoms with Crippen molar-refractivity contribution in [2.75, 3.05) is 0 Å². The summed E-state index contributed by atoms with van der Waals surface area (Å²) >= 11 is 0. The normalized spacial score (nSPS) is 22.1. The maximum atomic E-state index is 13.1. The Kier molecular flexibility index (Phi) is 6.53. The lowest BCUT2D eigenvalue weighted by atomic mass is 9.86. The highest BCUT2D eigenvalue weighted by Crippen LogP contribution is 2.23. The van der Waals surface area contributed by atoms with E-state index in [0.717, 1.165) is 19.3 Å². The fourth-order valence-electron chi connectivity index (χ4n) is 2.87. The summed E-state index contributed by atoms with van der Waals surface area (Å²) in [6.45, 7) is 3.68. The Morgan fingerprint density at radius 2 is 2.08 bits per heavy atom. The Morgan fingerprint density at radius 1 is 1.33 bits per heavy atom. The second-order valence-corrected chi connectivity index (χ2v) is 6.34. The monoisotopic (exact) mass is 333 g/mol. The van der Waals surface area contributed by atoms with Crippen LogP contribution in [0.3, 0.4) is 0 Å². The van der Waals surface area contributed by atoms with Crippen LogP contribution in [0, 0.1) is 11.7 Å². The van der Waals surface area contributed by atoms with E-state index in [9.17, 15) is 14.0 Å². The third-order valence-electron chi connectivity index (χ3n) is 4.36. The maximum Gasteiger partial charge on any atom is 0.331 e. The molecular weight excluding hydrogens is 309 g/mol. The van der Waals surface area contributed by atoms with Gasteiger partial charge in [-0.25, -0.2) is 9.18 Å². The van der Waals surface area contributed by atoms with E-state index in [-0.39, 0.29) is 17.8 Å². The van der Waals surface area contributed by atoms with E-state index >= 15 is 0 Å². The Balaban J connectivity index is 1.83. The third kappa shape index (κ3) is 5.48. The largest absolute Gasteiger partial charge is 0.449 e. The molecule has 1 aliphatic rings. The summed E-state index contributed by atoms with van der Waals surface area (Å²) in [5.74, 6) is -0.835. The molecular formula is C19H24FNO3. The van der Waals surface area contributed by atoms with E-state index in [2.05, 4.69) is 12.2 Å². The molecule has 0 heterocycles. The number of hydrogen-bond donors (Lipinski definition) is 1. The van der Waals surface area contributed by atoms with Crippen molar-refractivity contribution in [3.8, 4) is 0 Å². The molecule has 1 aromatic rings. The molecule has 1 aliphatic carbocycles. The Hall–Kier alpha value is -2.17. The van der Waals surface area contributed by atoms with E-state index in [0.29, 0.717) is 11.5 Å². The zero-order chi connectivity index (χ0) is 17.5. The molecule has 0 spiro atoms. The van der Waals surface area contributed by atoms with Gasteiger partial charge >= 0.3 is 5.97 Å². The van der Waals surface area contributed by atoms with Crippen LogP contribution in [-0.2, 0) is 14.3 Å². The summed E-state index contributed by atoms with van der Waals surface area (Å²) in [5, 5.41) is 2.97. The van der Waals surface area contributed by atoms with Gasteiger partial charge in [-0.2, -0.15) is 0 Å². The summed E-state index contributed by atoms with van der Waals surface area (Å²) < 4.78 is 18.2. The summed E-state index contributed by atoms with van der Waals surface area (Å²) in [7, 11) is 0. The fourth-order valence-corrected chi connectivity index (χ4v) is 2.87.